The molecule has 1 amide bonds. The Balaban J connectivity index is 1.37. The van der Waals surface area contributed by atoms with Gasteiger partial charge in [-0.25, -0.2) is 4.39 Å². The molecule has 0 saturated heterocycles. The molecule has 6 rings (SSSR count). The summed E-state index contributed by atoms with van der Waals surface area (Å²) in [5.41, 5.74) is 1.65. The van der Waals surface area contributed by atoms with Gasteiger partial charge in [-0.3, -0.25) is 14.5 Å². The Labute approximate surface area is 247 Å². The number of aromatic nitrogens is 2. The highest BCUT2D eigenvalue weighted by Gasteiger charge is 2.47. The largest absolute Gasteiger partial charge is 0.503 e. The van der Waals surface area contributed by atoms with Crippen LogP contribution in [0.4, 0.5) is 9.52 Å². The predicted octanol–water partition coefficient (Wildman–Crippen LogP) is 6.52. The zero-order valence-electron chi connectivity index (χ0n) is 22.2. The van der Waals surface area contributed by atoms with E-state index in [0.717, 1.165) is 16.9 Å². The molecule has 1 atom stereocenters. The van der Waals surface area contributed by atoms with Crippen molar-refractivity contribution in [1.29, 1.82) is 0 Å². The highest BCUT2D eigenvalue weighted by molar-refractivity contribution is 8.00. The topological polar surface area (TPSA) is 115 Å². The highest BCUT2D eigenvalue weighted by Crippen LogP contribution is 2.44. The molecule has 5 aromatic rings. The van der Waals surface area contributed by atoms with Gasteiger partial charge in [-0.1, -0.05) is 59.5 Å². The number of fused-ring (bicyclic) bond motifs is 1. The molecular formula is C30H22FN3O6S2. The third kappa shape index (κ3) is 4.99. The lowest BCUT2D eigenvalue weighted by atomic mass is 9.95. The van der Waals surface area contributed by atoms with Crippen LogP contribution in [0.1, 0.15) is 27.7 Å². The number of furan rings is 1. The molecule has 0 aliphatic carbocycles. The van der Waals surface area contributed by atoms with Gasteiger partial charge in [0.2, 0.25) is 10.9 Å². The highest BCUT2D eigenvalue weighted by atomic mass is 32.2. The minimum Gasteiger partial charge on any atom is -0.503 e. The third-order valence-corrected chi connectivity index (χ3v) is 8.84. The summed E-state index contributed by atoms with van der Waals surface area (Å²) in [7, 11) is 3.03. The number of ether oxygens (including phenoxy) is 2. The molecule has 9 nitrogen and oxygen atoms in total. The molecule has 1 aliphatic rings. The van der Waals surface area contributed by atoms with Crippen molar-refractivity contribution < 1.29 is 33.0 Å². The van der Waals surface area contributed by atoms with Gasteiger partial charge in [-0.05, 0) is 47.5 Å². The lowest BCUT2D eigenvalue weighted by Gasteiger charge is -2.24. The number of nitrogens with zero attached hydrogens (tertiary/aromatic N) is 3. The molecule has 1 aliphatic heterocycles. The second kappa shape index (κ2) is 11.3. The lowest BCUT2D eigenvalue weighted by molar-refractivity contribution is -0.117. The molecule has 1 unspecified atom stereocenters. The lowest BCUT2D eigenvalue weighted by Crippen LogP contribution is -2.31. The van der Waals surface area contributed by atoms with Gasteiger partial charge in [0.15, 0.2) is 27.2 Å². The molecule has 0 saturated carbocycles. The molecule has 0 spiro atoms. The van der Waals surface area contributed by atoms with Crippen molar-refractivity contribution in [3.63, 3.8) is 0 Å². The summed E-state index contributed by atoms with van der Waals surface area (Å²) < 4.78 is 30.3. The van der Waals surface area contributed by atoms with Gasteiger partial charge in [-0.15, -0.1) is 10.2 Å². The first-order valence-corrected chi connectivity index (χ1v) is 14.4. The molecule has 0 fully saturated rings. The van der Waals surface area contributed by atoms with Crippen LogP contribution in [-0.4, -0.2) is 41.2 Å². The van der Waals surface area contributed by atoms with E-state index in [1.165, 1.54) is 43.0 Å². The number of hydrogen-bond donors (Lipinski definition) is 1. The minimum absolute atomic E-state index is 0.0583. The van der Waals surface area contributed by atoms with Gasteiger partial charge in [0.05, 0.1) is 25.8 Å². The molecule has 212 valence electrons. The second-order valence-electron chi connectivity index (χ2n) is 9.20. The van der Waals surface area contributed by atoms with Gasteiger partial charge in [-0.2, -0.15) is 0 Å². The van der Waals surface area contributed by atoms with Crippen molar-refractivity contribution in [2.75, 3.05) is 19.1 Å². The number of carbonyl (C=O) groups is 2. The fourth-order valence-electron chi connectivity index (χ4n) is 4.66. The van der Waals surface area contributed by atoms with Crippen molar-refractivity contribution in [2.24, 2.45) is 0 Å². The Morgan fingerprint density at radius 3 is 2.55 bits per heavy atom. The van der Waals surface area contributed by atoms with Crippen LogP contribution < -0.4 is 14.4 Å². The molecule has 1 N–H and O–H groups in total. The summed E-state index contributed by atoms with van der Waals surface area (Å²) >= 11 is 2.51. The number of carbonyl (C=O) groups excluding carboxylic acids is 2. The van der Waals surface area contributed by atoms with E-state index in [1.54, 1.807) is 60.7 Å². The SMILES string of the molecule is COc1ccc(C2C(C(=O)c3cc4cccc(OC)c4o3)=C(O)C(=O)N2c2nnc(SCc3ccc(F)cc3)s2)cc1. The molecule has 0 bridgehead atoms. The average molecular weight is 604 g/mol. The van der Waals surface area contributed by atoms with E-state index in [2.05, 4.69) is 10.2 Å². The fraction of sp³-hybridized carbons (Fsp3) is 0.133. The molecule has 3 heterocycles. The van der Waals surface area contributed by atoms with Gasteiger partial charge in [0, 0.05) is 11.1 Å². The molecule has 42 heavy (non-hydrogen) atoms. The van der Waals surface area contributed by atoms with Crippen LogP contribution in [0.5, 0.6) is 11.5 Å². The Morgan fingerprint density at radius 2 is 1.83 bits per heavy atom. The molecule has 12 heteroatoms. The molecule has 2 aromatic heterocycles. The Morgan fingerprint density at radius 1 is 1.07 bits per heavy atom. The van der Waals surface area contributed by atoms with Crippen LogP contribution in [0.2, 0.25) is 0 Å². The Kier molecular flexibility index (Phi) is 7.40. The number of aliphatic hydroxyl groups excluding tert-OH is 1. The summed E-state index contributed by atoms with van der Waals surface area (Å²) in [4.78, 5) is 28.7. The predicted molar refractivity (Wildman–Crippen MR) is 156 cm³/mol. The van der Waals surface area contributed by atoms with E-state index < -0.39 is 23.5 Å². The zero-order chi connectivity index (χ0) is 29.4. The average Bonchev–Trinajstić information content (AvgIpc) is 3.73. The molecular weight excluding hydrogens is 581 g/mol. The standard InChI is InChI=1S/C30H22FN3O6S2/c1-38-20-12-8-17(9-13-20)24-23(25(35)22-14-18-4-3-5-21(39-2)27(18)40-22)26(36)28(37)34(24)29-32-33-30(42-29)41-15-16-6-10-19(31)11-7-16/h3-14,24,36H,15H2,1-2H3. The van der Waals surface area contributed by atoms with E-state index >= 15 is 0 Å². The number of methoxy groups -OCH3 is 2. The van der Waals surface area contributed by atoms with Crippen molar-refractivity contribution in [3.05, 3.63) is 107 Å². The zero-order valence-corrected chi connectivity index (χ0v) is 23.9. The molecule has 0 radical (unpaired) electrons. The third-order valence-electron chi connectivity index (χ3n) is 6.71. The smallest absolute Gasteiger partial charge is 0.296 e. The summed E-state index contributed by atoms with van der Waals surface area (Å²) in [6.07, 6.45) is 0. The summed E-state index contributed by atoms with van der Waals surface area (Å²) in [5.74, 6) is -1.000. The van der Waals surface area contributed by atoms with E-state index in [1.807, 2.05) is 0 Å². The summed E-state index contributed by atoms with van der Waals surface area (Å²) in [6.45, 7) is 0. The van der Waals surface area contributed by atoms with E-state index in [-0.39, 0.29) is 22.3 Å². The van der Waals surface area contributed by atoms with Crippen molar-refractivity contribution in [2.45, 2.75) is 16.1 Å². The first-order chi connectivity index (χ1) is 20.4. The maximum Gasteiger partial charge on any atom is 0.296 e. The fourth-order valence-corrected chi connectivity index (χ4v) is 6.49. The summed E-state index contributed by atoms with van der Waals surface area (Å²) in [6, 6.07) is 18.7. The van der Waals surface area contributed by atoms with Crippen molar-refractivity contribution in [3.8, 4) is 11.5 Å². The number of amides is 1. The second-order valence-corrected chi connectivity index (χ2v) is 11.4. The summed E-state index contributed by atoms with van der Waals surface area (Å²) in [5, 5.41) is 20.4. The van der Waals surface area contributed by atoms with Crippen LogP contribution in [-0.2, 0) is 10.5 Å². The van der Waals surface area contributed by atoms with Gasteiger partial charge < -0.3 is 19.0 Å². The minimum atomic E-state index is -1.02. The number of benzene rings is 3. The normalized spacial score (nSPS) is 15.1. The first-order valence-electron chi connectivity index (χ1n) is 12.6. The maximum absolute atomic E-state index is 13.9. The van der Waals surface area contributed by atoms with Crippen LogP contribution in [0.15, 0.2) is 92.9 Å². The van der Waals surface area contributed by atoms with Crippen molar-refractivity contribution >= 4 is 50.9 Å². The number of ketones is 1. The Bertz CT molecular complexity index is 1830. The number of anilines is 1. The maximum atomic E-state index is 13.9. The monoisotopic (exact) mass is 603 g/mol. The molecule has 3 aromatic carbocycles. The van der Waals surface area contributed by atoms with E-state index in [4.69, 9.17) is 13.9 Å². The first kappa shape index (κ1) is 27.5. The van der Waals surface area contributed by atoms with Crippen molar-refractivity contribution in [1.82, 2.24) is 10.2 Å². The van der Waals surface area contributed by atoms with E-state index in [0.29, 0.717) is 38.1 Å². The number of halogens is 1. The van der Waals surface area contributed by atoms with Crippen LogP contribution >= 0.6 is 23.1 Å². The Hall–Kier alpha value is -4.68. The number of aliphatic hydroxyl groups is 1. The number of para-hydroxylation sites is 1. The van der Waals surface area contributed by atoms with Gasteiger partial charge in [0.1, 0.15) is 11.6 Å². The number of hydrogen-bond acceptors (Lipinski definition) is 10. The van der Waals surface area contributed by atoms with Gasteiger partial charge in [0.25, 0.3) is 5.91 Å². The van der Waals surface area contributed by atoms with Gasteiger partial charge >= 0.3 is 0 Å². The van der Waals surface area contributed by atoms with Crippen LogP contribution in [0.25, 0.3) is 11.0 Å². The van der Waals surface area contributed by atoms with E-state index in [9.17, 15) is 19.1 Å². The number of rotatable bonds is 9. The number of thioether (sulfide) groups is 1. The quantitative estimate of drug-likeness (QED) is 0.114. The van der Waals surface area contributed by atoms with Crippen LogP contribution in [0.3, 0.4) is 0 Å². The number of Topliss-reactive ketones (excluding diaryl/α,β-unsaturated/α-hetero) is 1. The van der Waals surface area contributed by atoms with Crippen LogP contribution in [0, 0.1) is 5.82 Å².